The van der Waals surface area contributed by atoms with Crippen molar-refractivity contribution in [1.29, 1.82) is 0 Å². The van der Waals surface area contributed by atoms with Crippen molar-refractivity contribution in [2.45, 2.75) is 30.6 Å². The number of hydrogen-bond acceptors (Lipinski definition) is 5. The number of ether oxygens (including phenoxy) is 2. The molecule has 2 aromatic rings. The lowest BCUT2D eigenvalue weighted by Gasteiger charge is -2.37. The van der Waals surface area contributed by atoms with Crippen LogP contribution in [0.15, 0.2) is 30.3 Å². The Morgan fingerprint density at radius 1 is 0.969 bits per heavy atom. The largest absolute Gasteiger partial charge is 0.457 e. The second-order valence-corrected chi connectivity index (χ2v) is 9.25. The quantitative estimate of drug-likeness (QED) is 0.437. The van der Waals surface area contributed by atoms with E-state index in [0.717, 1.165) is 34.4 Å². The number of alkyl halides is 1. The van der Waals surface area contributed by atoms with Gasteiger partial charge in [-0.05, 0) is 52.5 Å². The number of carbonyl (C=O) groups is 3. The number of Topliss-reactive ketones (excluding diaryl/α,β-unsaturated/α-hetero) is 1. The average molecular weight is 471 g/mol. The minimum Gasteiger partial charge on any atom is -0.457 e. The Morgan fingerprint density at radius 2 is 1.72 bits per heavy atom. The summed E-state index contributed by atoms with van der Waals surface area (Å²) in [7, 11) is 0. The SMILES string of the molecule is O=C1COC(=O)c2c(Cl)cc3c(c2[C@H]2c4ccccc4CC(Cl)C2C(=O)OC1)=CCCC=3. The van der Waals surface area contributed by atoms with E-state index < -0.39 is 48.1 Å². The summed E-state index contributed by atoms with van der Waals surface area (Å²) in [5, 5.41) is 1.40. The fourth-order valence-electron chi connectivity index (χ4n) is 4.99. The minimum absolute atomic E-state index is 0.176. The van der Waals surface area contributed by atoms with Gasteiger partial charge in [-0.15, -0.1) is 11.6 Å². The van der Waals surface area contributed by atoms with Gasteiger partial charge in [0, 0.05) is 5.92 Å². The smallest absolute Gasteiger partial charge is 0.340 e. The summed E-state index contributed by atoms with van der Waals surface area (Å²) in [5.41, 5.74) is 2.69. The first-order chi connectivity index (χ1) is 15.5. The molecule has 5 rings (SSSR count). The molecule has 2 aromatic carbocycles. The molecule has 3 atom stereocenters. The first-order valence-corrected chi connectivity index (χ1v) is 11.4. The zero-order valence-corrected chi connectivity index (χ0v) is 18.6. The van der Waals surface area contributed by atoms with Crippen LogP contribution in [0.3, 0.4) is 0 Å². The molecule has 3 aliphatic rings. The van der Waals surface area contributed by atoms with E-state index in [2.05, 4.69) is 12.2 Å². The predicted molar refractivity (Wildman–Crippen MR) is 120 cm³/mol. The number of carbonyl (C=O) groups excluding carboxylic acids is 3. The average Bonchev–Trinajstić information content (AvgIpc) is 2.80. The van der Waals surface area contributed by atoms with Crippen molar-refractivity contribution in [3.05, 3.63) is 68.0 Å². The molecule has 1 aliphatic heterocycles. The van der Waals surface area contributed by atoms with Crippen molar-refractivity contribution in [2.24, 2.45) is 5.92 Å². The highest BCUT2D eigenvalue weighted by molar-refractivity contribution is 6.34. The number of halogens is 2. The Balaban J connectivity index is 1.89. The van der Waals surface area contributed by atoms with Crippen LogP contribution < -0.4 is 10.4 Å². The van der Waals surface area contributed by atoms with Crippen LogP contribution in [-0.2, 0) is 25.5 Å². The van der Waals surface area contributed by atoms with Crippen LogP contribution >= 0.6 is 23.2 Å². The molecular weight excluding hydrogens is 451 g/mol. The summed E-state index contributed by atoms with van der Waals surface area (Å²) in [4.78, 5) is 38.6. The van der Waals surface area contributed by atoms with Crippen LogP contribution in [0.2, 0.25) is 5.02 Å². The third-order valence-electron chi connectivity index (χ3n) is 6.35. The van der Waals surface area contributed by atoms with Crippen LogP contribution in [0.4, 0.5) is 0 Å². The summed E-state index contributed by atoms with van der Waals surface area (Å²) in [6.45, 7) is -0.965. The van der Waals surface area contributed by atoms with E-state index in [1.165, 1.54) is 0 Å². The number of rotatable bonds is 0. The van der Waals surface area contributed by atoms with E-state index >= 15 is 0 Å². The molecule has 1 heterocycles. The molecule has 0 spiro atoms. The maximum atomic E-state index is 13.3. The van der Waals surface area contributed by atoms with Gasteiger partial charge in [-0.2, -0.15) is 0 Å². The molecule has 7 heteroatoms. The summed E-state index contributed by atoms with van der Waals surface area (Å²) >= 11 is 13.4. The van der Waals surface area contributed by atoms with Gasteiger partial charge >= 0.3 is 11.9 Å². The van der Waals surface area contributed by atoms with Crippen LogP contribution in [-0.4, -0.2) is 36.3 Å². The number of fused-ring (bicyclic) bond motifs is 7. The van der Waals surface area contributed by atoms with Crippen LogP contribution in [0.5, 0.6) is 0 Å². The van der Waals surface area contributed by atoms with E-state index in [1.54, 1.807) is 6.07 Å². The molecular formula is C25H20Cl2O5. The predicted octanol–water partition coefficient (Wildman–Crippen LogP) is 2.89. The monoisotopic (exact) mass is 470 g/mol. The summed E-state index contributed by atoms with van der Waals surface area (Å²) < 4.78 is 10.6. The molecule has 2 aliphatic carbocycles. The van der Waals surface area contributed by atoms with Gasteiger partial charge in [-0.3, -0.25) is 9.59 Å². The fourth-order valence-corrected chi connectivity index (χ4v) is 5.70. The third-order valence-corrected chi connectivity index (χ3v) is 7.08. The Kier molecular flexibility index (Phi) is 5.56. The van der Waals surface area contributed by atoms with Gasteiger partial charge in [-0.25, -0.2) is 4.79 Å². The Bertz CT molecular complexity index is 1270. The van der Waals surface area contributed by atoms with Gasteiger partial charge in [-0.1, -0.05) is 48.0 Å². The third kappa shape index (κ3) is 3.54. The van der Waals surface area contributed by atoms with E-state index in [9.17, 15) is 14.4 Å². The van der Waals surface area contributed by atoms with Crippen LogP contribution in [0, 0.1) is 5.92 Å². The second kappa shape index (κ2) is 8.38. The molecule has 0 saturated carbocycles. The Hall–Kier alpha value is -2.63. The van der Waals surface area contributed by atoms with E-state index in [-0.39, 0.29) is 10.6 Å². The van der Waals surface area contributed by atoms with Crippen molar-refractivity contribution in [1.82, 2.24) is 0 Å². The molecule has 0 aromatic heterocycles. The van der Waals surface area contributed by atoms with Crippen LogP contribution in [0.1, 0.15) is 45.8 Å². The zero-order valence-electron chi connectivity index (χ0n) is 17.1. The van der Waals surface area contributed by atoms with Crippen LogP contribution in [0.25, 0.3) is 12.2 Å². The van der Waals surface area contributed by atoms with Crippen molar-refractivity contribution in [3.8, 4) is 0 Å². The molecule has 0 bridgehead atoms. The van der Waals surface area contributed by atoms with Gasteiger partial charge in [0.25, 0.3) is 0 Å². The molecule has 5 nitrogen and oxygen atoms in total. The Labute approximate surface area is 194 Å². The van der Waals surface area contributed by atoms with Gasteiger partial charge in [0.05, 0.1) is 21.9 Å². The molecule has 32 heavy (non-hydrogen) atoms. The molecule has 0 radical (unpaired) electrons. The minimum atomic E-state index is -0.790. The highest BCUT2D eigenvalue weighted by Crippen LogP contribution is 2.44. The fraction of sp³-hybridized carbons (Fsp3) is 0.320. The lowest BCUT2D eigenvalue weighted by molar-refractivity contribution is -0.153. The number of benzene rings is 2. The topological polar surface area (TPSA) is 69.7 Å². The van der Waals surface area contributed by atoms with Crippen molar-refractivity contribution in [2.75, 3.05) is 13.2 Å². The highest BCUT2D eigenvalue weighted by atomic mass is 35.5. The normalized spacial score (nSPS) is 24.8. The zero-order chi connectivity index (χ0) is 22.4. The highest BCUT2D eigenvalue weighted by Gasteiger charge is 2.45. The maximum Gasteiger partial charge on any atom is 0.340 e. The first-order valence-electron chi connectivity index (χ1n) is 10.6. The molecule has 0 N–H and O–H groups in total. The summed E-state index contributed by atoms with van der Waals surface area (Å²) in [6.07, 6.45) is 6.25. The van der Waals surface area contributed by atoms with E-state index in [1.807, 2.05) is 24.3 Å². The summed E-state index contributed by atoms with van der Waals surface area (Å²) in [6, 6.07) is 9.49. The lowest BCUT2D eigenvalue weighted by atomic mass is 9.69. The molecule has 2 unspecified atom stereocenters. The standard InChI is InChI=1S/C25H20Cl2O5/c26-18-9-13-5-1-3-7-16(13)20-21-17-8-4-2-6-14(17)10-19(27)23(21)25(30)32-12-15(28)11-31-24(29)22(18)20/h1,3,5-8,10,18,20,22H,2,4,9,11-12H2/t18?,20-,22?/m1/s1. The molecule has 0 fully saturated rings. The summed E-state index contributed by atoms with van der Waals surface area (Å²) in [5.74, 6) is -3.13. The Morgan fingerprint density at radius 3 is 2.56 bits per heavy atom. The number of esters is 2. The number of hydrogen-bond donors (Lipinski definition) is 0. The van der Waals surface area contributed by atoms with Crippen molar-refractivity contribution >= 4 is 53.1 Å². The second-order valence-electron chi connectivity index (χ2n) is 8.28. The molecule has 164 valence electrons. The maximum absolute atomic E-state index is 13.3. The van der Waals surface area contributed by atoms with Crippen molar-refractivity contribution < 1.29 is 23.9 Å². The first kappa shape index (κ1) is 21.2. The van der Waals surface area contributed by atoms with E-state index in [4.69, 9.17) is 32.7 Å². The lowest BCUT2D eigenvalue weighted by Crippen LogP contribution is -2.43. The van der Waals surface area contributed by atoms with Gasteiger partial charge in [0.1, 0.15) is 0 Å². The molecule has 0 saturated heterocycles. The van der Waals surface area contributed by atoms with Gasteiger partial charge < -0.3 is 9.47 Å². The van der Waals surface area contributed by atoms with Crippen molar-refractivity contribution in [3.63, 3.8) is 0 Å². The molecule has 0 amide bonds. The number of cyclic esters (lactones) is 2. The van der Waals surface area contributed by atoms with E-state index in [0.29, 0.717) is 12.0 Å². The van der Waals surface area contributed by atoms with Gasteiger partial charge in [0.2, 0.25) is 5.78 Å². The van der Waals surface area contributed by atoms with Gasteiger partial charge in [0.15, 0.2) is 13.2 Å². The number of ketones is 1.